The van der Waals surface area contributed by atoms with Gasteiger partial charge < -0.3 is 20.1 Å². The Morgan fingerprint density at radius 1 is 1.25 bits per heavy atom. The Bertz CT molecular complexity index is 575. The van der Waals surface area contributed by atoms with Crippen LogP contribution in [0.4, 0.5) is 0 Å². The maximum atomic E-state index is 12.2. The number of hydrogen-bond acceptors (Lipinski definition) is 4. The molecule has 6 heteroatoms. The average Bonchev–Trinajstić information content (AvgIpc) is 2.59. The number of carbonyl (C=O) groups excluding carboxylic acids is 2. The highest BCUT2D eigenvalue weighted by molar-refractivity contribution is 5.91. The molecule has 0 aromatic heterocycles. The molecule has 1 saturated heterocycles. The SMILES string of the molecule is CCOC1CCN(C(=O)/C=C/c2ccc(OCC(N)=O)cc2)CC1. The summed E-state index contributed by atoms with van der Waals surface area (Å²) in [6.45, 7) is 4.02. The summed E-state index contributed by atoms with van der Waals surface area (Å²) in [5, 5.41) is 0. The predicted molar refractivity (Wildman–Crippen MR) is 91.4 cm³/mol. The largest absolute Gasteiger partial charge is 0.484 e. The lowest BCUT2D eigenvalue weighted by atomic mass is 10.1. The van der Waals surface area contributed by atoms with Crippen LogP contribution in [0.3, 0.4) is 0 Å². The van der Waals surface area contributed by atoms with Crippen LogP contribution in [0.2, 0.25) is 0 Å². The summed E-state index contributed by atoms with van der Waals surface area (Å²) in [6.07, 6.45) is 5.41. The Labute approximate surface area is 142 Å². The minimum atomic E-state index is -0.516. The minimum Gasteiger partial charge on any atom is -0.484 e. The van der Waals surface area contributed by atoms with Crippen molar-refractivity contribution in [1.82, 2.24) is 4.90 Å². The van der Waals surface area contributed by atoms with Crippen LogP contribution < -0.4 is 10.5 Å². The molecule has 0 radical (unpaired) electrons. The Balaban J connectivity index is 1.82. The Morgan fingerprint density at radius 3 is 2.50 bits per heavy atom. The molecule has 130 valence electrons. The summed E-state index contributed by atoms with van der Waals surface area (Å²) in [7, 11) is 0. The van der Waals surface area contributed by atoms with Gasteiger partial charge >= 0.3 is 0 Å². The molecule has 1 aliphatic heterocycles. The normalized spacial score (nSPS) is 15.6. The fourth-order valence-electron chi connectivity index (χ4n) is 2.58. The molecule has 2 N–H and O–H groups in total. The van der Waals surface area contributed by atoms with E-state index in [1.165, 1.54) is 0 Å². The van der Waals surface area contributed by atoms with Gasteiger partial charge in [0.05, 0.1) is 6.10 Å². The number of benzene rings is 1. The first-order valence-corrected chi connectivity index (χ1v) is 8.18. The van der Waals surface area contributed by atoms with Crippen LogP contribution in [0, 0.1) is 0 Å². The number of likely N-dealkylation sites (tertiary alicyclic amines) is 1. The van der Waals surface area contributed by atoms with Crippen LogP contribution in [0.25, 0.3) is 6.08 Å². The van der Waals surface area contributed by atoms with Crippen LogP contribution in [0.1, 0.15) is 25.3 Å². The molecule has 1 aromatic rings. The minimum absolute atomic E-state index is 0.0130. The van der Waals surface area contributed by atoms with E-state index in [0.717, 1.165) is 38.1 Å². The molecule has 2 amide bonds. The number of nitrogens with zero attached hydrogens (tertiary/aromatic N) is 1. The van der Waals surface area contributed by atoms with Crippen LogP contribution >= 0.6 is 0 Å². The lowest BCUT2D eigenvalue weighted by molar-refractivity contribution is -0.128. The highest BCUT2D eigenvalue weighted by atomic mass is 16.5. The summed E-state index contributed by atoms with van der Waals surface area (Å²) in [5.74, 6) is 0.0620. The number of ether oxygens (including phenoxy) is 2. The van der Waals surface area contributed by atoms with Crippen molar-refractivity contribution in [3.63, 3.8) is 0 Å². The van der Waals surface area contributed by atoms with E-state index in [4.69, 9.17) is 15.2 Å². The average molecular weight is 332 g/mol. The fourth-order valence-corrected chi connectivity index (χ4v) is 2.58. The van der Waals surface area contributed by atoms with E-state index in [9.17, 15) is 9.59 Å². The van der Waals surface area contributed by atoms with Crippen LogP contribution in [0.15, 0.2) is 30.3 Å². The summed E-state index contributed by atoms with van der Waals surface area (Å²) in [6, 6.07) is 7.12. The molecule has 0 unspecified atom stereocenters. The lowest BCUT2D eigenvalue weighted by Crippen LogP contribution is -2.40. The number of carbonyl (C=O) groups is 2. The molecule has 2 rings (SSSR count). The molecule has 0 saturated carbocycles. The van der Waals surface area contributed by atoms with Crippen LogP contribution in [0.5, 0.6) is 5.75 Å². The van der Waals surface area contributed by atoms with Gasteiger partial charge in [0.15, 0.2) is 6.61 Å². The second-order valence-corrected chi connectivity index (χ2v) is 5.64. The first-order valence-electron chi connectivity index (χ1n) is 8.18. The zero-order valence-corrected chi connectivity index (χ0v) is 13.9. The van der Waals surface area contributed by atoms with E-state index in [2.05, 4.69) is 0 Å². The third kappa shape index (κ3) is 5.70. The fraction of sp³-hybridized carbons (Fsp3) is 0.444. The zero-order chi connectivity index (χ0) is 17.4. The lowest BCUT2D eigenvalue weighted by Gasteiger charge is -2.31. The van der Waals surface area contributed by atoms with E-state index < -0.39 is 5.91 Å². The van der Waals surface area contributed by atoms with Gasteiger partial charge in [-0.15, -0.1) is 0 Å². The zero-order valence-electron chi connectivity index (χ0n) is 13.9. The second-order valence-electron chi connectivity index (χ2n) is 5.64. The van der Waals surface area contributed by atoms with Crippen LogP contribution in [-0.4, -0.2) is 49.1 Å². The molecule has 0 aliphatic carbocycles. The maximum Gasteiger partial charge on any atom is 0.255 e. The van der Waals surface area contributed by atoms with Gasteiger partial charge in [0.25, 0.3) is 5.91 Å². The molecule has 0 spiro atoms. The number of amides is 2. The van der Waals surface area contributed by atoms with Crippen molar-refractivity contribution >= 4 is 17.9 Å². The van der Waals surface area contributed by atoms with Gasteiger partial charge in [-0.05, 0) is 43.5 Å². The van der Waals surface area contributed by atoms with Crippen molar-refractivity contribution in [3.05, 3.63) is 35.9 Å². The first-order chi connectivity index (χ1) is 11.6. The van der Waals surface area contributed by atoms with Crippen molar-refractivity contribution in [2.24, 2.45) is 5.73 Å². The number of hydrogen-bond donors (Lipinski definition) is 1. The van der Waals surface area contributed by atoms with Gasteiger partial charge in [0.2, 0.25) is 5.91 Å². The Hall–Kier alpha value is -2.34. The van der Waals surface area contributed by atoms with Gasteiger partial charge in [0, 0.05) is 25.8 Å². The van der Waals surface area contributed by atoms with Crippen LogP contribution in [-0.2, 0) is 14.3 Å². The van der Waals surface area contributed by atoms with Crippen molar-refractivity contribution in [3.8, 4) is 5.75 Å². The third-order valence-corrected chi connectivity index (χ3v) is 3.84. The Kier molecular flexibility index (Phi) is 6.81. The number of primary amides is 1. The molecule has 6 nitrogen and oxygen atoms in total. The topological polar surface area (TPSA) is 81.9 Å². The molecular weight excluding hydrogens is 308 g/mol. The predicted octanol–water partition coefficient (Wildman–Crippen LogP) is 1.59. The summed E-state index contributed by atoms with van der Waals surface area (Å²) in [5.41, 5.74) is 5.91. The van der Waals surface area contributed by atoms with Crippen molar-refractivity contribution in [2.75, 3.05) is 26.3 Å². The quantitative estimate of drug-likeness (QED) is 0.769. The molecule has 0 atom stereocenters. The van der Waals surface area contributed by atoms with Gasteiger partial charge in [-0.25, -0.2) is 0 Å². The highest BCUT2D eigenvalue weighted by Gasteiger charge is 2.21. The molecule has 1 aliphatic rings. The van der Waals surface area contributed by atoms with Crippen molar-refractivity contribution in [1.29, 1.82) is 0 Å². The van der Waals surface area contributed by atoms with Gasteiger partial charge in [0.1, 0.15) is 5.75 Å². The number of piperidine rings is 1. The smallest absolute Gasteiger partial charge is 0.255 e. The second kappa shape index (κ2) is 9.08. The molecular formula is C18H24N2O4. The monoisotopic (exact) mass is 332 g/mol. The maximum absolute atomic E-state index is 12.2. The summed E-state index contributed by atoms with van der Waals surface area (Å²) in [4.78, 5) is 24.7. The van der Waals surface area contributed by atoms with Crippen molar-refractivity contribution in [2.45, 2.75) is 25.9 Å². The number of nitrogens with two attached hydrogens (primary N) is 1. The summed E-state index contributed by atoms with van der Waals surface area (Å²) >= 11 is 0. The van der Waals surface area contributed by atoms with Gasteiger partial charge in [-0.3, -0.25) is 9.59 Å². The van der Waals surface area contributed by atoms with Gasteiger partial charge in [-0.2, -0.15) is 0 Å². The van der Waals surface area contributed by atoms with E-state index in [0.29, 0.717) is 5.75 Å². The molecule has 0 bridgehead atoms. The standard InChI is InChI=1S/C18H24N2O4/c1-2-23-16-9-11-20(12-10-16)18(22)8-5-14-3-6-15(7-4-14)24-13-17(19)21/h3-8,16H,2,9-13H2,1H3,(H2,19,21)/b8-5+. The Morgan fingerprint density at radius 2 is 1.92 bits per heavy atom. The number of rotatable bonds is 7. The third-order valence-electron chi connectivity index (χ3n) is 3.84. The first kappa shape index (κ1) is 18.0. The molecule has 24 heavy (non-hydrogen) atoms. The molecule has 1 heterocycles. The summed E-state index contributed by atoms with van der Waals surface area (Å²) < 4.78 is 10.8. The van der Waals surface area contributed by atoms with Crippen molar-refractivity contribution < 1.29 is 19.1 Å². The van der Waals surface area contributed by atoms with Gasteiger partial charge in [-0.1, -0.05) is 12.1 Å². The van der Waals surface area contributed by atoms with E-state index in [1.807, 2.05) is 24.0 Å². The van der Waals surface area contributed by atoms with E-state index in [-0.39, 0.29) is 18.6 Å². The molecule has 1 fully saturated rings. The van der Waals surface area contributed by atoms with E-state index in [1.54, 1.807) is 24.3 Å². The van der Waals surface area contributed by atoms with E-state index >= 15 is 0 Å². The highest BCUT2D eigenvalue weighted by Crippen LogP contribution is 2.15. The molecule has 1 aromatic carbocycles.